The standard InChI is InChI=1S/C16H18Cl2NO2P/c1-11(2)12-4-7-14(8-5-12)21-22(3,20)19-13-6-9-15(17)16(18)10-13/h4-11H,1-3H3,(H,19,20). The summed E-state index contributed by atoms with van der Waals surface area (Å²) in [5.41, 5.74) is 1.80. The first-order valence-corrected chi connectivity index (χ1v) is 9.70. The van der Waals surface area contributed by atoms with E-state index in [0.717, 1.165) is 0 Å². The molecule has 2 aromatic rings. The molecule has 1 N–H and O–H groups in total. The van der Waals surface area contributed by atoms with Gasteiger partial charge in [-0.15, -0.1) is 0 Å². The molecule has 0 spiro atoms. The van der Waals surface area contributed by atoms with Crippen molar-refractivity contribution in [3.8, 4) is 5.75 Å². The number of hydrogen-bond acceptors (Lipinski definition) is 2. The lowest BCUT2D eigenvalue weighted by Crippen LogP contribution is -2.02. The van der Waals surface area contributed by atoms with Gasteiger partial charge in [-0.25, -0.2) is 0 Å². The van der Waals surface area contributed by atoms with Gasteiger partial charge in [0.15, 0.2) is 0 Å². The Bertz CT molecular complexity index is 702. The molecule has 1 unspecified atom stereocenters. The zero-order valence-corrected chi connectivity index (χ0v) is 15.0. The minimum absolute atomic E-state index is 0.396. The summed E-state index contributed by atoms with van der Waals surface area (Å²) >= 11 is 11.8. The first-order chi connectivity index (χ1) is 10.3. The van der Waals surface area contributed by atoms with Crippen LogP contribution in [0.5, 0.6) is 5.75 Å². The van der Waals surface area contributed by atoms with Crippen molar-refractivity contribution in [1.82, 2.24) is 0 Å². The number of rotatable bonds is 5. The molecule has 0 amide bonds. The predicted octanol–water partition coefficient (Wildman–Crippen LogP) is 6.43. The summed E-state index contributed by atoms with van der Waals surface area (Å²) in [7, 11) is -3.06. The maximum Gasteiger partial charge on any atom is 0.338 e. The van der Waals surface area contributed by atoms with Gasteiger partial charge >= 0.3 is 7.52 Å². The smallest absolute Gasteiger partial charge is 0.338 e. The van der Waals surface area contributed by atoms with E-state index in [1.165, 1.54) is 12.2 Å². The molecule has 0 aliphatic carbocycles. The van der Waals surface area contributed by atoms with Crippen molar-refractivity contribution < 1.29 is 9.09 Å². The molecule has 1 atom stereocenters. The quantitative estimate of drug-likeness (QED) is 0.626. The minimum Gasteiger partial charge on any atom is -0.429 e. The summed E-state index contributed by atoms with van der Waals surface area (Å²) in [5, 5.41) is 3.71. The summed E-state index contributed by atoms with van der Waals surface area (Å²) in [4.78, 5) is 0. The SMILES string of the molecule is CC(C)c1ccc(OP(C)(=O)Nc2ccc(Cl)c(Cl)c2)cc1. The van der Waals surface area contributed by atoms with Crippen molar-refractivity contribution in [3.63, 3.8) is 0 Å². The van der Waals surface area contributed by atoms with E-state index in [2.05, 4.69) is 18.9 Å². The van der Waals surface area contributed by atoms with Gasteiger partial charge < -0.3 is 9.61 Å². The molecular formula is C16H18Cl2NO2P. The zero-order valence-electron chi connectivity index (χ0n) is 12.6. The van der Waals surface area contributed by atoms with Crippen LogP contribution in [0.25, 0.3) is 0 Å². The highest BCUT2D eigenvalue weighted by Gasteiger charge is 2.18. The van der Waals surface area contributed by atoms with Gasteiger partial charge in [-0.3, -0.25) is 4.57 Å². The normalized spacial score (nSPS) is 13.7. The zero-order chi connectivity index (χ0) is 16.3. The molecule has 0 saturated carbocycles. The minimum atomic E-state index is -3.06. The van der Waals surface area contributed by atoms with Crippen molar-refractivity contribution >= 4 is 36.4 Å². The second kappa shape index (κ2) is 6.95. The lowest BCUT2D eigenvalue weighted by Gasteiger charge is -2.18. The van der Waals surface area contributed by atoms with Gasteiger partial charge in [-0.2, -0.15) is 0 Å². The number of nitrogens with one attached hydrogen (secondary N) is 1. The summed E-state index contributed by atoms with van der Waals surface area (Å²) < 4.78 is 18.1. The van der Waals surface area contributed by atoms with Crippen LogP contribution in [0.1, 0.15) is 25.3 Å². The predicted molar refractivity (Wildman–Crippen MR) is 94.8 cm³/mol. The van der Waals surface area contributed by atoms with Crippen LogP contribution in [-0.2, 0) is 4.57 Å². The third kappa shape index (κ3) is 4.67. The Kier molecular flexibility index (Phi) is 5.44. The third-order valence-corrected chi connectivity index (χ3v) is 5.04. The van der Waals surface area contributed by atoms with Crippen LogP contribution >= 0.6 is 30.7 Å². The van der Waals surface area contributed by atoms with Crippen LogP contribution in [-0.4, -0.2) is 6.66 Å². The highest BCUT2D eigenvalue weighted by molar-refractivity contribution is 7.60. The second-order valence-electron chi connectivity index (χ2n) is 5.40. The van der Waals surface area contributed by atoms with Crippen molar-refractivity contribution in [1.29, 1.82) is 0 Å². The lowest BCUT2D eigenvalue weighted by atomic mass is 10.0. The number of benzene rings is 2. The Balaban J connectivity index is 2.09. The number of hydrogen-bond donors (Lipinski definition) is 1. The van der Waals surface area contributed by atoms with Gasteiger partial charge in [0.05, 0.1) is 10.0 Å². The van der Waals surface area contributed by atoms with Gasteiger partial charge in [0, 0.05) is 12.4 Å². The van der Waals surface area contributed by atoms with Gasteiger partial charge in [-0.05, 0) is 41.8 Å². The molecule has 22 heavy (non-hydrogen) atoms. The second-order valence-corrected chi connectivity index (χ2v) is 8.31. The van der Waals surface area contributed by atoms with Gasteiger partial charge in [-0.1, -0.05) is 49.2 Å². The van der Waals surface area contributed by atoms with E-state index in [4.69, 9.17) is 27.7 Å². The molecule has 0 aliphatic heterocycles. The van der Waals surface area contributed by atoms with E-state index in [9.17, 15) is 4.57 Å². The molecule has 0 fully saturated rings. The highest BCUT2D eigenvalue weighted by atomic mass is 35.5. The summed E-state index contributed by atoms with van der Waals surface area (Å²) in [5.74, 6) is 1.000. The molecule has 118 valence electrons. The van der Waals surface area contributed by atoms with Gasteiger partial charge in [0.2, 0.25) is 0 Å². The summed E-state index contributed by atoms with van der Waals surface area (Å²) in [6.07, 6.45) is 0. The van der Waals surface area contributed by atoms with Crippen molar-refractivity contribution in [3.05, 3.63) is 58.1 Å². The molecule has 6 heteroatoms. The van der Waals surface area contributed by atoms with Crippen LogP contribution in [0.3, 0.4) is 0 Å². The average molecular weight is 358 g/mol. The molecule has 0 heterocycles. The molecular weight excluding hydrogens is 340 g/mol. The number of halogens is 2. The third-order valence-electron chi connectivity index (χ3n) is 3.08. The molecule has 0 aromatic heterocycles. The van der Waals surface area contributed by atoms with E-state index in [-0.39, 0.29) is 0 Å². The fourth-order valence-electron chi connectivity index (χ4n) is 1.94. The topological polar surface area (TPSA) is 38.3 Å². The van der Waals surface area contributed by atoms with Crippen LogP contribution in [0.15, 0.2) is 42.5 Å². The largest absolute Gasteiger partial charge is 0.429 e. The molecule has 0 bridgehead atoms. The Morgan fingerprint density at radius 1 is 1.05 bits per heavy atom. The fraction of sp³-hybridized carbons (Fsp3) is 0.250. The van der Waals surface area contributed by atoms with Crippen LogP contribution < -0.4 is 9.61 Å². The summed E-state index contributed by atoms with van der Waals surface area (Å²) in [6.45, 7) is 5.75. The van der Waals surface area contributed by atoms with E-state index >= 15 is 0 Å². The lowest BCUT2D eigenvalue weighted by molar-refractivity contribution is 0.493. The molecule has 3 nitrogen and oxygen atoms in total. The molecule has 0 aliphatic rings. The number of anilines is 1. The monoisotopic (exact) mass is 357 g/mol. The van der Waals surface area contributed by atoms with Gasteiger partial charge in [0.25, 0.3) is 0 Å². The highest BCUT2D eigenvalue weighted by Crippen LogP contribution is 2.44. The van der Waals surface area contributed by atoms with Crippen LogP contribution in [0, 0.1) is 0 Å². The van der Waals surface area contributed by atoms with Crippen molar-refractivity contribution in [2.75, 3.05) is 11.8 Å². The molecule has 2 aromatic carbocycles. The summed E-state index contributed by atoms with van der Waals surface area (Å²) in [6, 6.07) is 12.5. The van der Waals surface area contributed by atoms with E-state index in [0.29, 0.717) is 27.4 Å². The van der Waals surface area contributed by atoms with Crippen LogP contribution in [0.2, 0.25) is 10.0 Å². The Morgan fingerprint density at radius 3 is 2.23 bits per heavy atom. The molecule has 0 radical (unpaired) electrons. The molecule has 0 saturated heterocycles. The Morgan fingerprint density at radius 2 is 1.68 bits per heavy atom. The first kappa shape index (κ1) is 17.2. The fourth-order valence-corrected chi connectivity index (χ4v) is 3.41. The first-order valence-electron chi connectivity index (χ1n) is 6.87. The average Bonchev–Trinajstić information content (AvgIpc) is 2.42. The van der Waals surface area contributed by atoms with E-state index in [1.54, 1.807) is 18.2 Å². The van der Waals surface area contributed by atoms with Crippen molar-refractivity contribution in [2.45, 2.75) is 19.8 Å². The van der Waals surface area contributed by atoms with Gasteiger partial charge in [0.1, 0.15) is 5.75 Å². The van der Waals surface area contributed by atoms with E-state index < -0.39 is 7.52 Å². The Labute approximate surface area is 141 Å². The molecule has 2 rings (SSSR count). The van der Waals surface area contributed by atoms with E-state index in [1.807, 2.05) is 24.3 Å². The van der Waals surface area contributed by atoms with Crippen molar-refractivity contribution in [2.24, 2.45) is 0 Å². The maximum atomic E-state index is 12.6. The Hall–Kier alpha value is -1.15. The van der Waals surface area contributed by atoms with Crippen LogP contribution in [0.4, 0.5) is 5.69 Å². The maximum absolute atomic E-state index is 12.6.